The summed E-state index contributed by atoms with van der Waals surface area (Å²) in [4.78, 5) is 14.3. The third-order valence-electron chi connectivity index (χ3n) is 4.08. The van der Waals surface area contributed by atoms with E-state index in [9.17, 15) is 4.79 Å². The van der Waals surface area contributed by atoms with Crippen molar-refractivity contribution in [2.24, 2.45) is 11.7 Å². The van der Waals surface area contributed by atoms with Crippen molar-refractivity contribution in [1.82, 2.24) is 4.90 Å². The van der Waals surface area contributed by atoms with Gasteiger partial charge in [0.25, 0.3) is 0 Å². The van der Waals surface area contributed by atoms with Gasteiger partial charge in [0, 0.05) is 30.9 Å². The molecule has 3 N–H and O–H groups in total. The van der Waals surface area contributed by atoms with Gasteiger partial charge in [-0.15, -0.1) is 0 Å². The van der Waals surface area contributed by atoms with Crippen LogP contribution in [0.25, 0.3) is 0 Å². The Morgan fingerprint density at radius 3 is 3.05 bits per heavy atom. The summed E-state index contributed by atoms with van der Waals surface area (Å²) in [5, 5.41) is 2.90. The number of piperidine rings is 1. The normalized spacial score (nSPS) is 24.9. The summed E-state index contributed by atoms with van der Waals surface area (Å²) in [7, 11) is 0. The van der Waals surface area contributed by atoms with Crippen LogP contribution >= 0.6 is 0 Å². The number of benzene rings is 1. The molecule has 0 aromatic heterocycles. The van der Waals surface area contributed by atoms with E-state index in [0.29, 0.717) is 24.0 Å². The molecule has 3 rings (SSSR count). The fourth-order valence-electron chi connectivity index (χ4n) is 2.77. The maximum Gasteiger partial charge on any atom is 0.238 e. The lowest BCUT2D eigenvalue weighted by Gasteiger charge is -2.34. The van der Waals surface area contributed by atoms with Crippen molar-refractivity contribution < 1.29 is 14.3 Å². The molecule has 2 heterocycles. The van der Waals surface area contributed by atoms with Gasteiger partial charge in [0.15, 0.2) is 11.5 Å². The molecule has 0 saturated carbocycles. The fraction of sp³-hybridized carbons (Fsp3) is 0.533. The molecule has 2 aliphatic rings. The Bertz CT molecular complexity index is 535. The molecule has 6 heteroatoms. The third kappa shape index (κ3) is 3.28. The highest BCUT2D eigenvalue weighted by molar-refractivity contribution is 5.92. The first-order valence-electron chi connectivity index (χ1n) is 7.29. The number of hydrogen-bond donors (Lipinski definition) is 2. The van der Waals surface area contributed by atoms with Crippen LogP contribution in [-0.4, -0.2) is 43.3 Å². The van der Waals surface area contributed by atoms with E-state index in [1.165, 1.54) is 0 Å². The van der Waals surface area contributed by atoms with Crippen LogP contribution in [0.2, 0.25) is 0 Å². The predicted molar refractivity (Wildman–Crippen MR) is 79.4 cm³/mol. The van der Waals surface area contributed by atoms with Crippen LogP contribution in [0.3, 0.4) is 0 Å². The molecule has 0 aliphatic carbocycles. The van der Waals surface area contributed by atoms with Gasteiger partial charge in [0.05, 0.1) is 6.54 Å². The van der Waals surface area contributed by atoms with Gasteiger partial charge in [-0.2, -0.15) is 0 Å². The first-order chi connectivity index (χ1) is 10.1. The molecular formula is C15H21N3O3. The average molecular weight is 291 g/mol. The number of nitrogens with one attached hydrogen (secondary N) is 1. The predicted octanol–water partition coefficient (Wildman–Crippen LogP) is 1.02. The molecule has 2 unspecified atom stereocenters. The second-order valence-electron chi connectivity index (χ2n) is 5.78. The van der Waals surface area contributed by atoms with Crippen molar-refractivity contribution in [3.63, 3.8) is 0 Å². The molecule has 1 saturated heterocycles. The van der Waals surface area contributed by atoms with E-state index in [4.69, 9.17) is 15.2 Å². The van der Waals surface area contributed by atoms with Crippen molar-refractivity contribution in [2.75, 3.05) is 31.7 Å². The van der Waals surface area contributed by atoms with Crippen molar-refractivity contribution >= 4 is 11.6 Å². The number of fused-ring (bicyclic) bond motifs is 1. The highest BCUT2D eigenvalue weighted by atomic mass is 16.7. The summed E-state index contributed by atoms with van der Waals surface area (Å²) < 4.78 is 10.5. The lowest BCUT2D eigenvalue weighted by molar-refractivity contribution is -0.117. The van der Waals surface area contributed by atoms with Crippen LogP contribution in [0, 0.1) is 5.92 Å². The molecule has 114 valence electrons. The van der Waals surface area contributed by atoms with Gasteiger partial charge in [-0.05, 0) is 24.5 Å². The lowest BCUT2D eigenvalue weighted by atomic mass is 9.95. The number of rotatable bonds is 3. The first-order valence-corrected chi connectivity index (χ1v) is 7.29. The smallest absolute Gasteiger partial charge is 0.238 e. The molecule has 21 heavy (non-hydrogen) atoms. The van der Waals surface area contributed by atoms with E-state index in [1.807, 2.05) is 6.07 Å². The Balaban J connectivity index is 1.54. The molecule has 0 spiro atoms. The van der Waals surface area contributed by atoms with E-state index in [0.717, 1.165) is 25.2 Å². The molecule has 1 amide bonds. The number of anilines is 1. The topological polar surface area (TPSA) is 76.8 Å². The highest BCUT2D eigenvalue weighted by Gasteiger charge is 2.24. The number of nitrogens with zero attached hydrogens (tertiary/aromatic N) is 1. The van der Waals surface area contributed by atoms with E-state index in [-0.39, 0.29) is 18.7 Å². The number of hydrogen-bond acceptors (Lipinski definition) is 5. The van der Waals surface area contributed by atoms with Crippen LogP contribution in [0.5, 0.6) is 11.5 Å². The van der Waals surface area contributed by atoms with Crippen molar-refractivity contribution in [1.29, 1.82) is 0 Å². The summed E-state index contributed by atoms with van der Waals surface area (Å²) >= 11 is 0. The Morgan fingerprint density at radius 1 is 1.43 bits per heavy atom. The van der Waals surface area contributed by atoms with Crippen LogP contribution in [0.4, 0.5) is 5.69 Å². The quantitative estimate of drug-likeness (QED) is 0.869. The minimum absolute atomic E-state index is 0.0171. The van der Waals surface area contributed by atoms with Crippen molar-refractivity contribution in [3.8, 4) is 11.5 Å². The van der Waals surface area contributed by atoms with Gasteiger partial charge in [-0.25, -0.2) is 0 Å². The first kappa shape index (κ1) is 14.2. The van der Waals surface area contributed by atoms with Crippen LogP contribution in [0.15, 0.2) is 18.2 Å². The zero-order valence-electron chi connectivity index (χ0n) is 12.2. The molecule has 0 bridgehead atoms. The molecule has 6 nitrogen and oxygen atoms in total. The van der Waals surface area contributed by atoms with Gasteiger partial charge in [0.1, 0.15) is 0 Å². The molecular weight excluding hydrogens is 270 g/mol. The Labute approximate surface area is 124 Å². The number of carbonyl (C=O) groups is 1. The Hall–Kier alpha value is -1.79. The van der Waals surface area contributed by atoms with E-state index in [2.05, 4.69) is 17.1 Å². The van der Waals surface area contributed by atoms with Crippen molar-refractivity contribution in [2.45, 2.75) is 19.4 Å². The Morgan fingerprint density at radius 2 is 2.24 bits per heavy atom. The second kappa shape index (κ2) is 5.91. The van der Waals surface area contributed by atoms with Crippen LogP contribution in [0.1, 0.15) is 13.3 Å². The minimum atomic E-state index is -0.0171. The SMILES string of the molecule is CC1CN(CC(=O)Nc2ccc3c(c2)OCO3)CCC1N. The molecule has 2 aliphatic heterocycles. The van der Waals surface area contributed by atoms with Crippen LogP contribution < -0.4 is 20.5 Å². The third-order valence-corrected chi connectivity index (χ3v) is 4.08. The van der Waals surface area contributed by atoms with Gasteiger partial charge >= 0.3 is 0 Å². The minimum Gasteiger partial charge on any atom is -0.454 e. The number of ether oxygens (including phenoxy) is 2. The molecule has 1 aromatic carbocycles. The molecule has 2 atom stereocenters. The number of carbonyl (C=O) groups excluding carboxylic acids is 1. The summed E-state index contributed by atoms with van der Waals surface area (Å²) in [5.41, 5.74) is 6.72. The summed E-state index contributed by atoms with van der Waals surface area (Å²) in [6.07, 6.45) is 0.943. The summed E-state index contributed by atoms with van der Waals surface area (Å²) in [6, 6.07) is 5.66. The lowest BCUT2D eigenvalue weighted by Crippen LogP contribution is -2.48. The van der Waals surface area contributed by atoms with Crippen LogP contribution in [-0.2, 0) is 4.79 Å². The zero-order chi connectivity index (χ0) is 14.8. The maximum atomic E-state index is 12.1. The second-order valence-corrected chi connectivity index (χ2v) is 5.78. The van der Waals surface area contributed by atoms with Gasteiger partial charge < -0.3 is 20.5 Å². The number of nitrogens with two attached hydrogens (primary N) is 1. The van der Waals surface area contributed by atoms with Gasteiger partial charge in [-0.3, -0.25) is 9.69 Å². The summed E-state index contributed by atoms with van der Waals surface area (Å²) in [6.45, 7) is 4.51. The van der Waals surface area contributed by atoms with E-state index in [1.54, 1.807) is 12.1 Å². The molecule has 1 fully saturated rings. The zero-order valence-corrected chi connectivity index (χ0v) is 12.2. The van der Waals surface area contributed by atoms with E-state index >= 15 is 0 Å². The monoisotopic (exact) mass is 291 g/mol. The van der Waals surface area contributed by atoms with Gasteiger partial charge in [0.2, 0.25) is 12.7 Å². The number of likely N-dealkylation sites (tertiary alicyclic amines) is 1. The highest BCUT2D eigenvalue weighted by Crippen LogP contribution is 2.34. The van der Waals surface area contributed by atoms with Gasteiger partial charge in [-0.1, -0.05) is 6.92 Å². The standard InChI is InChI=1S/C15H21N3O3/c1-10-7-18(5-4-12(10)16)8-15(19)17-11-2-3-13-14(6-11)21-9-20-13/h2-3,6,10,12H,4-5,7-9,16H2,1H3,(H,17,19). The maximum absolute atomic E-state index is 12.1. The van der Waals surface area contributed by atoms with Crippen molar-refractivity contribution in [3.05, 3.63) is 18.2 Å². The Kier molecular flexibility index (Phi) is 3.98. The largest absolute Gasteiger partial charge is 0.454 e. The molecule has 0 radical (unpaired) electrons. The average Bonchev–Trinajstić information content (AvgIpc) is 2.90. The van der Waals surface area contributed by atoms with E-state index < -0.39 is 0 Å². The number of amides is 1. The summed E-state index contributed by atoms with van der Waals surface area (Å²) in [5.74, 6) is 1.80. The fourth-order valence-corrected chi connectivity index (χ4v) is 2.77. The molecule has 1 aromatic rings.